The van der Waals surface area contributed by atoms with Gasteiger partial charge in [0.25, 0.3) is 0 Å². The summed E-state index contributed by atoms with van der Waals surface area (Å²) in [6.45, 7) is 1.20. The number of halogens is 4. The van der Waals surface area contributed by atoms with Gasteiger partial charge in [-0.05, 0) is 47.1 Å². The predicted octanol–water partition coefficient (Wildman–Crippen LogP) is 3.52. The van der Waals surface area contributed by atoms with E-state index in [0.717, 1.165) is 18.3 Å². The quantitative estimate of drug-likeness (QED) is 0.854. The first kappa shape index (κ1) is 14.0. The molecule has 1 unspecified atom stereocenters. The normalized spacial score (nSPS) is 14.2. The van der Waals surface area contributed by atoms with Gasteiger partial charge < -0.3 is 5.11 Å². The molecule has 1 atom stereocenters. The zero-order valence-electron chi connectivity index (χ0n) is 9.79. The number of aliphatic hydroxyl groups is 1. The zero-order valence-corrected chi connectivity index (χ0v) is 11.4. The minimum Gasteiger partial charge on any atom is -0.379 e. The maximum Gasteiger partial charge on any atom is 0.146 e. The van der Waals surface area contributed by atoms with Crippen LogP contribution in [0.5, 0.6) is 0 Å². The van der Waals surface area contributed by atoms with Crippen molar-refractivity contribution in [1.29, 1.82) is 0 Å². The maximum absolute atomic E-state index is 14.0. The summed E-state index contributed by atoms with van der Waals surface area (Å²) in [4.78, 5) is 3.66. The van der Waals surface area contributed by atoms with Crippen molar-refractivity contribution in [3.8, 4) is 0 Å². The highest BCUT2D eigenvalue weighted by Crippen LogP contribution is 2.34. The van der Waals surface area contributed by atoms with Gasteiger partial charge in [0.05, 0.1) is 21.9 Å². The number of pyridine rings is 1. The van der Waals surface area contributed by atoms with Gasteiger partial charge in [0, 0.05) is 0 Å². The van der Waals surface area contributed by atoms with Crippen molar-refractivity contribution in [2.45, 2.75) is 12.5 Å². The van der Waals surface area contributed by atoms with Crippen LogP contribution in [-0.2, 0) is 5.60 Å². The van der Waals surface area contributed by atoms with E-state index in [9.17, 15) is 18.3 Å². The average Bonchev–Trinajstić information content (AvgIpc) is 2.34. The first-order valence-electron chi connectivity index (χ1n) is 5.32. The molecule has 0 amide bonds. The van der Waals surface area contributed by atoms with E-state index in [1.54, 1.807) is 0 Å². The molecule has 0 saturated carbocycles. The highest BCUT2D eigenvalue weighted by Gasteiger charge is 2.34. The van der Waals surface area contributed by atoms with Gasteiger partial charge in [-0.1, -0.05) is 0 Å². The van der Waals surface area contributed by atoms with Gasteiger partial charge in [-0.2, -0.15) is 0 Å². The van der Waals surface area contributed by atoms with E-state index in [0.29, 0.717) is 0 Å². The molecule has 1 aromatic carbocycles. The lowest BCUT2D eigenvalue weighted by molar-refractivity contribution is 0.0884. The summed E-state index contributed by atoms with van der Waals surface area (Å²) < 4.78 is 40.6. The summed E-state index contributed by atoms with van der Waals surface area (Å²) in [5.74, 6) is -2.43. The molecule has 2 aromatic rings. The van der Waals surface area contributed by atoms with Crippen molar-refractivity contribution >= 4 is 15.9 Å². The van der Waals surface area contributed by atoms with Crippen LogP contribution in [0, 0.1) is 17.5 Å². The van der Waals surface area contributed by atoms with Crippen LogP contribution in [-0.4, -0.2) is 10.1 Å². The van der Waals surface area contributed by atoms with Crippen molar-refractivity contribution in [1.82, 2.24) is 4.98 Å². The monoisotopic (exact) mass is 331 g/mol. The van der Waals surface area contributed by atoms with Crippen LogP contribution in [0.4, 0.5) is 13.2 Å². The molecule has 1 aromatic heterocycles. The second-order valence-electron chi connectivity index (χ2n) is 4.15. The summed E-state index contributed by atoms with van der Waals surface area (Å²) in [6.07, 6.45) is 0.873. The van der Waals surface area contributed by atoms with Crippen LogP contribution < -0.4 is 0 Å². The molecule has 0 fully saturated rings. The Morgan fingerprint density at radius 1 is 1.16 bits per heavy atom. The molecular weight excluding hydrogens is 323 g/mol. The summed E-state index contributed by atoms with van der Waals surface area (Å²) in [6, 6.07) is 4.46. The van der Waals surface area contributed by atoms with Crippen molar-refractivity contribution in [3.63, 3.8) is 0 Å². The SMILES string of the molecule is CC(O)(c1ccc(F)cn1)c1c(F)ccc(Br)c1F. The molecule has 0 radical (unpaired) electrons. The lowest BCUT2D eigenvalue weighted by Gasteiger charge is -2.24. The standard InChI is InChI=1S/C13H9BrF3NO/c1-13(19,10-5-2-7(15)6-18-10)11-9(16)4-3-8(14)12(11)17/h2-6,19H,1H3. The second kappa shape index (κ2) is 4.94. The largest absolute Gasteiger partial charge is 0.379 e. The third-order valence-electron chi connectivity index (χ3n) is 2.76. The number of hydrogen-bond donors (Lipinski definition) is 1. The molecule has 1 N–H and O–H groups in total. The molecule has 0 aliphatic rings. The van der Waals surface area contributed by atoms with Crippen molar-refractivity contribution in [2.24, 2.45) is 0 Å². The molecule has 0 aliphatic carbocycles. The average molecular weight is 332 g/mol. The third-order valence-corrected chi connectivity index (χ3v) is 3.37. The highest BCUT2D eigenvalue weighted by molar-refractivity contribution is 9.10. The van der Waals surface area contributed by atoms with Gasteiger partial charge in [-0.3, -0.25) is 4.98 Å². The molecule has 1 heterocycles. The van der Waals surface area contributed by atoms with Crippen LogP contribution in [0.1, 0.15) is 18.2 Å². The fourth-order valence-corrected chi connectivity index (χ4v) is 2.10. The molecule has 0 saturated heterocycles. The van der Waals surface area contributed by atoms with Gasteiger partial charge in [-0.25, -0.2) is 13.2 Å². The Labute approximate surface area is 116 Å². The molecule has 19 heavy (non-hydrogen) atoms. The van der Waals surface area contributed by atoms with Crippen molar-refractivity contribution < 1.29 is 18.3 Å². The van der Waals surface area contributed by atoms with Crippen molar-refractivity contribution in [2.75, 3.05) is 0 Å². The molecule has 100 valence electrons. The summed E-state index contributed by atoms with van der Waals surface area (Å²) in [5.41, 5.74) is -2.60. The second-order valence-corrected chi connectivity index (χ2v) is 5.01. The summed E-state index contributed by atoms with van der Waals surface area (Å²) >= 11 is 2.92. The number of benzene rings is 1. The minimum absolute atomic E-state index is 0.0197. The lowest BCUT2D eigenvalue weighted by Crippen LogP contribution is -2.27. The van der Waals surface area contributed by atoms with E-state index in [4.69, 9.17) is 0 Å². The first-order valence-corrected chi connectivity index (χ1v) is 6.11. The molecular formula is C13H9BrF3NO. The van der Waals surface area contributed by atoms with Crippen molar-refractivity contribution in [3.05, 3.63) is 63.6 Å². The zero-order chi connectivity index (χ0) is 14.2. The molecule has 2 rings (SSSR count). The van der Waals surface area contributed by atoms with Gasteiger partial charge in [0.1, 0.15) is 23.1 Å². The van der Waals surface area contributed by atoms with Crippen LogP contribution >= 0.6 is 15.9 Å². The lowest BCUT2D eigenvalue weighted by atomic mass is 9.91. The Bertz CT molecular complexity index is 614. The number of aromatic nitrogens is 1. The highest BCUT2D eigenvalue weighted by atomic mass is 79.9. The molecule has 6 heteroatoms. The minimum atomic E-state index is -2.01. The fourth-order valence-electron chi connectivity index (χ4n) is 1.77. The van der Waals surface area contributed by atoms with E-state index in [2.05, 4.69) is 20.9 Å². The van der Waals surface area contributed by atoms with E-state index in [1.807, 2.05) is 0 Å². The number of nitrogens with zero attached hydrogens (tertiary/aromatic N) is 1. The van der Waals surface area contributed by atoms with Gasteiger partial charge in [0.15, 0.2) is 0 Å². The van der Waals surface area contributed by atoms with Crippen LogP contribution in [0.3, 0.4) is 0 Å². The van der Waals surface area contributed by atoms with Gasteiger partial charge in [0.2, 0.25) is 0 Å². The molecule has 0 aliphatic heterocycles. The van der Waals surface area contributed by atoms with E-state index in [1.165, 1.54) is 19.1 Å². The fraction of sp³-hybridized carbons (Fsp3) is 0.154. The Kier molecular flexibility index (Phi) is 3.64. The van der Waals surface area contributed by atoms with E-state index >= 15 is 0 Å². The first-order chi connectivity index (χ1) is 8.84. The predicted molar refractivity (Wildman–Crippen MR) is 66.9 cm³/mol. The van der Waals surface area contributed by atoms with Crippen LogP contribution in [0.15, 0.2) is 34.9 Å². The molecule has 0 bridgehead atoms. The topological polar surface area (TPSA) is 33.1 Å². The van der Waals surface area contributed by atoms with Crippen LogP contribution in [0.25, 0.3) is 0 Å². The Morgan fingerprint density at radius 3 is 2.42 bits per heavy atom. The smallest absolute Gasteiger partial charge is 0.146 e. The number of rotatable bonds is 2. The molecule has 0 spiro atoms. The summed E-state index contributed by atoms with van der Waals surface area (Å²) in [5, 5.41) is 10.3. The van der Waals surface area contributed by atoms with E-state index < -0.39 is 28.6 Å². The Morgan fingerprint density at radius 2 is 1.84 bits per heavy atom. The van der Waals surface area contributed by atoms with Gasteiger partial charge >= 0.3 is 0 Å². The van der Waals surface area contributed by atoms with E-state index in [-0.39, 0.29) is 10.2 Å². The number of hydrogen-bond acceptors (Lipinski definition) is 2. The van der Waals surface area contributed by atoms with Gasteiger partial charge in [-0.15, -0.1) is 0 Å². The third kappa shape index (κ3) is 2.50. The Balaban J connectivity index is 2.62. The van der Waals surface area contributed by atoms with Crippen LogP contribution in [0.2, 0.25) is 0 Å². The maximum atomic E-state index is 14.0. The Hall–Kier alpha value is -1.40. The molecule has 2 nitrogen and oxygen atoms in total. The summed E-state index contributed by atoms with van der Waals surface area (Å²) in [7, 11) is 0.